The van der Waals surface area contributed by atoms with Crippen molar-refractivity contribution in [2.24, 2.45) is 23.2 Å². The third kappa shape index (κ3) is 5.81. The number of piperidine rings is 1. The highest BCUT2D eigenvalue weighted by Crippen LogP contribution is 2.65. The predicted octanol–water partition coefficient (Wildman–Crippen LogP) is 6.29. The number of hydrogen-bond acceptors (Lipinski definition) is 7. The highest BCUT2D eigenvalue weighted by molar-refractivity contribution is 5.81. The van der Waals surface area contributed by atoms with Crippen LogP contribution in [0.3, 0.4) is 0 Å². The van der Waals surface area contributed by atoms with Crippen molar-refractivity contribution < 1.29 is 22.4 Å². The number of nitrogens with zero attached hydrogens (tertiary/aromatic N) is 4. The molecule has 1 aliphatic heterocycles. The number of anilines is 4. The second kappa shape index (κ2) is 12.0. The van der Waals surface area contributed by atoms with Gasteiger partial charge in [0.25, 0.3) is 0 Å². The first-order chi connectivity index (χ1) is 20.7. The van der Waals surface area contributed by atoms with Gasteiger partial charge in [-0.3, -0.25) is 4.79 Å². The first-order valence-corrected chi connectivity index (χ1v) is 15.7. The molecule has 0 unspecified atom stereocenters. The van der Waals surface area contributed by atoms with Crippen molar-refractivity contribution in [2.75, 3.05) is 48.8 Å². The zero-order valence-corrected chi connectivity index (χ0v) is 26.5. The van der Waals surface area contributed by atoms with Gasteiger partial charge in [-0.15, -0.1) is 0 Å². The van der Waals surface area contributed by atoms with E-state index >= 15 is 4.39 Å². The Hall–Kier alpha value is -3.15. The number of alkyl halides is 3. The summed E-state index contributed by atoms with van der Waals surface area (Å²) in [6, 6.07) is 5.18. The van der Waals surface area contributed by atoms with Crippen molar-refractivity contribution in [3.63, 3.8) is 0 Å². The lowest BCUT2D eigenvalue weighted by Crippen LogP contribution is -2.69. The Morgan fingerprint density at radius 3 is 2.36 bits per heavy atom. The molecule has 0 spiro atoms. The molecule has 1 aromatic carbocycles. The fourth-order valence-electron chi connectivity index (χ4n) is 8.12. The lowest BCUT2D eigenvalue weighted by molar-refractivity contribution is -0.156. The molecule has 12 heteroatoms. The molecule has 1 aromatic heterocycles. The van der Waals surface area contributed by atoms with Crippen LogP contribution in [0.4, 0.5) is 40.7 Å². The van der Waals surface area contributed by atoms with E-state index in [0.717, 1.165) is 51.6 Å². The number of halogens is 4. The second-order valence-electron chi connectivity index (χ2n) is 13.3. The standard InChI is InChI=1S/C32H45F4N7O/c1-7-42(8-2)21-11-13-43(14-12-21)25-10-9-20(17-24(25)33)39-29-38-18-23(32(34,35)36)27(40-29)41-31(5)22(28(44)37-6)15-19-16-26(31)30(19,3)4/h9-10,17-19,21-22,26H,7-8,11-16H2,1-6H3,(H,37,44)(H2,38,39,40,41)/t19-,22-,26-,31+/m1/s1. The molecule has 3 saturated carbocycles. The number of nitrogens with one attached hydrogen (secondary N) is 3. The maximum absolute atomic E-state index is 15.3. The van der Waals surface area contributed by atoms with Crippen molar-refractivity contribution in [2.45, 2.75) is 78.1 Å². The van der Waals surface area contributed by atoms with Crippen LogP contribution in [0, 0.1) is 29.0 Å². The Kier molecular flexibility index (Phi) is 8.78. The van der Waals surface area contributed by atoms with Crippen molar-refractivity contribution in [1.82, 2.24) is 20.2 Å². The van der Waals surface area contributed by atoms with Gasteiger partial charge in [0.2, 0.25) is 11.9 Å². The van der Waals surface area contributed by atoms with Crippen molar-refractivity contribution >= 4 is 29.0 Å². The number of carbonyl (C=O) groups is 1. The first-order valence-electron chi connectivity index (χ1n) is 15.7. The molecule has 8 nitrogen and oxygen atoms in total. The maximum atomic E-state index is 15.3. The summed E-state index contributed by atoms with van der Waals surface area (Å²) in [6.07, 6.45) is -0.691. The Morgan fingerprint density at radius 2 is 1.80 bits per heavy atom. The molecule has 44 heavy (non-hydrogen) atoms. The number of hydrogen-bond donors (Lipinski definition) is 3. The second-order valence-corrected chi connectivity index (χ2v) is 13.3. The van der Waals surface area contributed by atoms with Gasteiger partial charge in [0, 0.05) is 38.1 Å². The van der Waals surface area contributed by atoms with E-state index in [1.54, 1.807) is 19.2 Å². The van der Waals surface area contributed by atoms with Crippen LogP contribution in [0.2, 0.25) is 0 Å². The first kappa shape index (κ1) is 32.2. The molecule has 2 heterocycles. The molecule has 6 rings (SSSR count). The minimum absolute atomic E-state index is 0.0396. The highest BCUT2D eigenvalue weighted by atomic mass is 19.4. The minimum atomic E-state index is -4.72. The van der Waals surface area contributed by atoms with E-state index in [2.05, 4.69) is 58.5 Å². The number of amides is 1. The van der Waals surface area contributed by atoms with Crippen LogP contribution in [0.5, 0.6) is 0 Å². The van der Waals surface area contributed by atoms with Gasteiger partial charge in [-0.05, 0) is 81.1 Å². The molecular formula is C32H45F4N7O. The van der Waals surface area contributed by atoms with Gasteiger partial charge in [-0.2, -0.15) is 18.2 Å². The van der Waals surface area contributed by atoms with Crippen LogP contribution in [0.15, 0.2) is 24.4 Å². The fraction of sp³-hybridized carbons (Fsp3) is 0.656. The zero-order chi connectivity index (χ0) is 32.0. The SMILES string of the molecule is CCN(CC)C1CCN(c2ccc(Nc3ncc(C(F)(F)F)c(N[C@@]4(C)[C@@H](C(=O)NC)C[C@@H]5C[C@@H]4C5(C)C)n3)cc2F)CC1. The molecular weight excluding hydrogens is 574 g/mol. The summed E-state index contributed by atoms with van der Waals surface area (Å²) < 4.78 is 57.8. The van der Waals surface area contributed by atoms with Crippen molar-refractivity contribution in [3.05, 3.63) is 35.8 Å². The van der Waals surface area contributed by atoms with Gasteiger partial charge >= 0.3 is 6.18 Å². The van der Waals surface area contributed by atoms with E-state index in [1.165, 1.54) is 6.07 Å². The van der Waals surface area contributed by atoms with Gasteiger partial charge in [0.1, 0.15) is 17.2 Å². The monoisotopic (exact) mass is 619 g/mol. The average Bonchev–Trinajstić information content (AvgIpc) is 2.97. The van der Waals surface area contributed by atoms with Gasteiger partial charge in [-0.1, -0.05) is 27.7 Å². The van der Waals surface area contributed by atoms with Gasteiger partial charge in [0.15, 0.2) is 0 Å². The molecule has 2 bridgehead atoms. The van der Waals surface area contributed by atoms with Crippen LogP contribution in [0.1, 0.15) is 65.9 Å². The van der Waals surface area contributed by atoms with Crippen LogP contribution in [0.25, 0.3) is 0 Å². The Morgan fingerprint density at radius 1 is 1.11 bits per heavy atom. The molecule has 3 N–H and O–H groups in total. The molecule has 0 radical (unpaired) electrons. The molecule has 4 fully saturated rings. The van der Waals surface area contributed by atoms with Crippen LogP contribution < -0.4 is 20.9 Å². The number of aromatic nitrogens is 2. The van der Waals surface area contributed by atoms with Gasteiger partial charge in [0.05, 0.1) is 17.1 Å². The summed E-state index contributed by atoms with van der Waals surface area (Å²) >= 11 is 0. The molecule has 4 aliphatic rings. The summed E-state index contributed by atoms with van der Waals surface area (Å²) in [7, 11) is 1.54. The summed E-state index contributed by atoms with van der Waals surface area (Å²) in [6.45, 7) is 13.8. The smallest absolute Gasteiger partial charge is 0.369 e. The Labute approximate surface area is 257 Å². The molecule has 2 aromatic rings. The fourth-order valence-corrected chi connectivity index (χ4v) is 8.12. The number of carbonyl (C=O) groups excluding carboxylic acids is 1. The molecule has 3 aliphatic carbocycles. The van der Waals surface area contributed by atoms with Crippen LogP contribution >= 0.6 is 0 Å². The Bertz CT molecular complexity index is 1360. The summed E-state index contributed by atoms with van der Waals surface area (Å²) in [4.78, 5) is 25.6. The highest BCUT2D eigenvalue weighted by Gasteiger charge is 2.65. The predicted molar refractivity (Wildman–Crippen MR) is 164 cm³/mol. The average molecular weight is 620 g/mol. The summed E-state index contributed by atoms with van der Waals surface area (Å²) in [5.74, 6) is -1.39. The number of fused-ring (bicyclic) bond motifs is 2. The largest absolute Gasteiger partial charge is 0.421 e. The number of rotatable bonds is 9. The topological polar surface area (TPSA) is 85.4 Å². The lowest BCUT2D eigenvalue weighted by Gasteiger charge is -2.66. The summed E-state index contributed by atoms with van der Waals surface area (Å²) in [5.41, 5.74) is -1.31. The lowest BCUT2D eigenvalue weighted by atomic mass is 9.40. The third-order valence-electron chi connectivity index (χ3n) is 10.8. The molecule has 4 atom stereocenters. The quantitative estimate of drug-likeness (QED) is 0.285. The maximum Gasteiger partial charge on any atom is 0.421 e. The van der Waals surface area contributed by atoms with E-state index in [4.69, 9.17) is 0 Å². The normalized spacial score (nSPS) is 26.7. The molecule has 242 valence electrons. The van der Waals surface area contributed by atoms with Gasteiger partial charge in [-0.25, -0.2) is 9.37 Å². The third-order valence-corrected chi connectivity index (χ3v) is 10.8. The summed E-state index contributed by atoms with van der Waals surface area (Å²) in [5, 5.41) is 8.68. The Balaban J connectivity index is 1.38. The van der Waals surface area contributed by atoms with E-state index in [-0.39, 0.29) is 23.2 Å². The number of benzene rings is 1. The van der Waals surface area contributed by atoms with E-state index in [1.807, 2.05) is 11.8 Å². The van der Waals surface area contributed by atoms with Crippen LogP contribution in [-0.4, -0.2) is 65.6 Å². The van der Waals surface area contributed by atoms with Gasteiger partial charge < -0.3 is 25.8 Å². The van der Waals surface area contributed by atoms with Crippen molar-refractivity contribution in [3.8, 4) is 0 Å². The molecule has 1 amide bonds. The minimum Gasteiger partial charge on any atom is -0.369 e. The van der Waals surface area contributed by atoms with E-state index in [9.17, 15) is 18.0 Å². The van der Waals surface area contributed by atoms with E-state index < -0.39 is 34.8 Å². The zero-order valence-electron chi connectivity index (χ0n) is 26.5. The molecule has 1 saturated heterocycles. The van der Waals surface area contributed by atoms with Crippen LogP contribution in [-0.2, 0) is 11.0 Å². The van der Waals surface area contributed by atoms with Crippen molar-refractivity contribution in [1.29, 1.82) is 0 Å². The van der Waals surface area contributed by atoms with E-state index in [0.29, 0.717) is 29.8 Å².